The van der Waals surface area contributed by atoms with Gasteiger partial charge in [-0.15, -0.1) is 0 Å². The standard InChI is InChI=1S/C20H22N6O3/c1-28-16-6-3-2-5-15(16)26-12-9-14(13-26)23-17(27)7-8-18-24-20(25-29-18)19-21-10-4-11-22-19/h2-6,10-11,14H,7-9,12-13H2,1H3,(H,23,27)/t14-/m0/s1. The van der Waals surface area contributed by atoms with Crippen LogP contribution in [-0.2, 0) is 11.2 Å². The van der Waals surface area contributed by atoms with Crippen molar-refractivity contribution >= 4 is 11.6 Å². The molecule has 9 nitrogen and oxygen atoms in total. The minimum absolute atomic E-state index is 0.0346. The average Bonchev–Trinajstić information content (AvgIpc) is 3.43. The summed E-state index contributed by atoms with van der Waals surface area (Å²) in [7, 11) is 1.67. The van der Waals surface area contributed by atoms with Gasteiger partial charge in [-0.1, -0.05) is 17.3 Å². The van der Waals surface area contributed by atoms with Crippen LogP contribution < -0.4 is 15.0 Å². The van der Waals surface area contributed by atoms with Crippen molar-refractivity contribution in [3.05, 3.63) is 48.6 Å². The maximum atomic E-state index is 12.3. The van der Waals surface area contributed by atoms with Gasteiger partial charge in [-0.25, -0.2) is 9.97 Å². The molecule has 3 heterocycles. The Hall–Kier alpha value is -3.49. The molecule has 1 N–H and O–H groups in total. The van der Waals surface area contributed by atoms with Crippen molar-refractivity contribution in [2.45, 2.75) is 25.3 Å². The molecule has 1 aliphatic heterocycles. The molecule has 2 aromatic heterocycles. The highest BCUT2D eigenvalue weighted by Gasteiger charge is 2.25. The van der Waals surface area contributed by atoms with Crippen LogP contribution in [0.4, 0.5) is 5.69 Å². The smallest absolute Gasteiger partial charge is 0.240 e. The summed E-state index contributed by atoms with van der Waals surface area (Å²) in [6, 6.07) is 9.73. The third kappa shape index (κ3) is 4.50. The minimum Gasteiger partial charge on any atom is -0.495 e. The molecule has 1 amide bonds. The first kappa shape index (κ1) is 18.9. The van der Waals surface area contributed by atoms with Gasteiger partial charge in [0.15, 0.2) is 0 Å². The molecule has 0 aliphatic carbocycles. The lowest BCUT2D eigenvalue weighted by atomic mass is 10.2. The maximum absolute atomic E-state index is 12.3. The molecule has 0 saturated carbocycles. The van der Waals surface area contributed by atoms with Crippen LogP contribution in [0.3, 0.4) is 0 Å². The van der Waals surface area contributed by atoms with Gasteiger partial charge >= 0.3 is 0 Å². The van der Waals surface area contributed by atoms with Crippen LogP contribution in [0.1, 0.15) is 18.7 Å². The average molecular weight is 394 g/mol. The van der Waals surface area contributed by atoms with Crippen molar-refractivity contribution in [2.24, 2.45) is 0 Å². The third-order valence-corrected chi connectivity index (χ3v) is 4.78. The Balaban J connectivity index is 1.27. The second-order valence-electron chi connectivity index (χ2n) is 6.76. The maximum Gasteiger partial charge on any atom is 0.240 e. The molecular weight excluding hydrogens is 372 g/mol. The second-order valence-corrected chi connectivity index (χ2v) is 6.76. The zero-order valence-electron chi connectivity index (χ0n) is 16.1. The molecule has 0 radical (unpaired) electrons. The molecule has 150 valence electrons. The topological polar surface area (TPSA) is 106 Å². The Bertz CT molecular complexity index is 962. The number of methoxy groups -OCH3 is 1. The number of aromatic nitrogens is 4. The van der Waals surface area contributed by atoms with Crippen molar-refractivity contribution in [3.63, 3.8) is 0 Å². The fourth-order valence-corrected chi connectivity index (χ4v) is 3.37. The van der Waals surface area contributed by atoms with E-state index in [2.05, 4.69) is 30.3 Å². The summed E-state index contributed by atoms with van der Waals surface area (Å²) in [5.74, 6) is 1.92. The number of carbonyl (C=O) groups is 1. The monoisotopic (exact) mass is 394 g/mol. The molecule has 1 fully saturated rings. The molecule has 9 heteroatoms. The number of hydrogen-bond acceptors (Lipinski definition) is 8. The molecule has 1 saturated heterocycles. The van der Waals surface area contributed by atoms with E-state index in [1.165, 1.54) is 0 Å². The van der Waals surface area contributed by atoms with E-state index in [1.807, 2.05) is 24.3 Å². The predicted octanol–water partition coefficient (Wildman–Crippen LogP) is 1.86. The fraction of sp³-hybridized carbons (Fsp3) is 0.350. The number of rotatable bonds is 7. The van der Waals surface area contributed by atoms with Gasteiger partial charge in [0, 0.05) is 44.4 Å². The van der Waals surface area contributed by atoms with Crippen molar-refractivity contribution in [3.8, 4) is 17.4 Å². The Morgan fingerprint density at radius 3 is 2.90 bits per heavy atom. The molecule has 1 aliphatic rings. The number of anilines is 1. The van der Waals surface area contributed by atoms with Crippen LogP contribution in [0.25, 0.3) is 11.6 Å². The van der Waals surface area contributed by atoms with Gasteiger partial charge in [0.05, 0.1) is 12.8 Å². The van der Waals surface area contributed by atoms with E-state index < -0.39 is 0 Å². The van der Waals surface area contributed by atoms with Gasteiger partial charge in [-0.2, -0.15) is 4.98 Å². The van der Waals surface area contributed by atoms with Crippen LogP contribution in [-0.4, -0.2) is 52.3 Å². The van der Waals surface area contributed by atoms with Crippen molar-refractivity contribution in [1.82, 2.24) is 25.4 Å². The van der Waals surface area contributed by atoms with Gasteiger partial charge in [0.2, 0.25) is 23.4 Å². The zero-order valence-corrected chi connectivity index (χ0v) is 16.1. The van der Waals surface area contributed by atoms with Crippen LogP contribution in [0.15, 0.2) is 47.2 Å². The molecule has 29 heavy (non-hydrogen) atoms. The Morgan fingerprint density at radius 1 is 1.24 bits per heavy atom. The first-order valence-electron chi connectivity index (χ1n) is 9.50. The third-order valence-electron chi connectivity index (χ3n) is 4.78. The van der Waals surface area contributed by atoms with E-state index >= 15 is 0 Å². The van der Waals surface area contributed by atoms with Gasteiger partial charge in [-0.3, -0.25) is 4.79 Å². The summed E-state index contributed by atoms with van der Waals surface area (Å²) in [6.07, 6.45) is 4.76. The highest BCUT2D eigenvalue weighted by atomic mass is 16.5. The second kappa shape index (κ2) is 8.68. The summed E-state index contributed by atoms with van der Waals surface area (Å²) >= 11 is 0. The highest BCUT2D eigenvalue weighted by molar-refractivity contribution is 5.76. The lowest BCUT2D eigenvalue weighted by molar-refractivity contribution is -0.121. The highest BCUT2D eigenvalue weighted by Crippen LogP contribution is 2.30. The van der Waals surface area contributed by atoms with E-state index in [4.69, 9.17) is 9.26 Å². The zero-order chi connectivity index (χ0) is 20.1. The molecule has 4 rings (SSSR count). The number of para-hydroxylation sites is 2. The Morgan fingerprint density at radius 2 is 2.07 bits per heavy atom. The molecule has 1 aromatic carbocycles. The Kier molecular flexibility index (Phi) is 5.64. The van der Waals surface area contributed by atoms with Crippen LogP contribution in [0, 0.1) is 0 Å². The predicted molar refractivity (Wildman–Crippen MR) is 105 cm³/mol. The number of aryl methyl sites for hydroxylation is 1. The number of nitrogens with one attached hydrogen (secondary N) is 1. The van der Waals surface area contributed by atoms with E-state index in [-0.39, 0.29) is 18.4 Å². The van der Waals surface area contributed by atoms with E-state index in [1.54, 1.807) is 25.6 Å². The number of benzene rings is 1. The van der Waals surface area contributed by atoms with E-state index in [0.717, 1.165) is 30.9 Å². The summed E-state index contributed by atoms with van der Waals surface area (Å²) in [4.78, 5) is 27.0. The first-order chi connectivity index (χ1) is 14.2. The van der Waals surface area contributed by atoms with Crippen LogP contribution in [0.2, 0.25) is 0 Å². The molecular formula is C20H22N6O3. The number of carbonyl (C=O) groups excluding carboxylic acids is 1. The summed E-state index contributed by atoms with van der Waals surface area (Å²) < 4.78 is 10.6. The lowest BCUT2D eigenvalue weighted by Crippen LogP contribution is -2.37. The molecule has 0 spiro atoms. The van der Waals surface area contributed by atoms with Crippen LogP contribution >= 0.6 is 0 Å². The van der Waals surface area contributed by atoms with Crippen molar-refractivity contribution in [2.75, 3.05) is 25.1 Å². The Labute approximate surface area is 168 Å². The van der Waals surface area contributed by atoms with E-state index in [9.17, 15) is 4.79 Å². The molecule has 0 unspecified atom stereocenters. The largest absolute Gasteiger partial charge is 0.495 e. The van der Waals surface area contributed by atoms with Gasteiger partial charge in [-0.05, 0) is 24.6 Å². The summed E-state index contributed by atoms with van der Waals surface area (Å²) in [5.41, 5.74) is 1.05. The SMILES string of the molecule is COc1ccccc1N1CC[C@H](NC(=O)CCc2nc(-c3ncccn3)no2)C1. The minimum atomic E-state index is -0.0346. The van der Waals surface area contributed by atoms with Crippen molar-refractivity contribution in [1.29, 1.82) is 0 Å². The number of amides is 1. The van der Waals surface area contributed by atoms with Crippen molar-refractivity contribution < 1.29 is 14.1 Å². The normalized spacial score (nSPS) is 16.0. The molecule has 0 bridgehead atoms. The van der Waals surface area contributed by atoms with Crippen LogP contribution in [0.5, 0.6) is 5.75 Å². The fourth-order valence-electron chi connectivity index (χ4n) is 3.37. The number of ether oxygens (including phenoxy) is 1. The van der Waals surface area contributed by atoms with Gasteiger partial charge < -0.3 is 19.5 Å². The van der Waals surface area contributed by atoms with Gasteiger partial charge in [0.1, 0.15) is 5.75 Å². The lowest BCUT2D eigenvalue weighted by Gasteiger charge is -2.21. The summed E-state index contributed by atoms with van der Waals surface area (Å²) in [5, 5.41) is 6.96. The number of nitrogens with zero attached hydrogens (tertiary/aromatic N) is 5. The quantitative estimate of drug-likeness (QED) is 0.647. The summed E-state index contributed by atoms with van der Waals surface area (Å²) in [6.45, 7) is 1.62. The molecule has 1 atom stereocenters. The van der Waals surface area contributed by atoms with Gasteiger partial charge in [0.25, 0.3) is 0 Å². The van der Waals surface area contributed by atoms with E-state index in [0.29, 0.717) is 24.0 Å². The number of hydrogen-bond donors (Lipinski definition) is 1. The first-order valence-corrected chi connectivity index (χ1v) is 9.50. The molecule has 3 aromatic rings.